The summed E-state index contributed by atoms with van der Waals surface area (Å²) in [5.41, 5.74) is 1.99. The van der Waals surface area contributed by atoms with Crippen LogP contribution in [0.15, 0.2) is 72.3 Å². The lowest BCUT2D eigenvalue weighted by molar-refractivity contribution is 0.104. The van der Waals surface area contributed by atoms with Crippen LogP contribution in [0.3, 0.4) is 0 Å². The molecular weight excluding hydrogens is 522 g/mol. The van der Waals surface area contributed by atoms with E-state index in [0.29, 0.717) is 51.1 Å². The van der Waals surface area contributed by atoms with Gasteiger partial charge in [0.15, 0.2) is 15.6 Å². The zero-order chi connectivity index (χ0) is 28.4. The van der Waals surface area contributed by atoms with Gasteiger partial charge in [0.05, 0.1) is 52.6 Å². The maximum atomic E-state index is 13.0. The Labute approximate surface area is 228 Å². The molecule has 0 saturated heterocycles. The van der Waals surface area contributed by atoms with E-state index in [9.17, 15) is 13.2 Å². The fourth-order valence-electron chi connectivity index (χ4n) is 3.67. The Morgan fingerprint density at radius 1 is 0.769 bits per heavy atom. The molecule has 0 atom stereocenters. The van der Waals surface area contributed by atoms with E-state index in [1.54, 1.807) is 61.7 Å². The number of nitrogens with one attached hydrogen (secondary N) is 1. The molecule has 0 radical (unpaired) electrons. The Morgan fingerprint density at radius 2 is 1.38 bits per heavy atom. The quantitative estimate of drug-likeness (QED) is 0.228. The average molecular weight is 554 g/mol. The van der Waals surface area contributed by atoms with E-state index >= 15 is 0 Å². The van der Waals surface area contributed by atoms with Gasteiger partial charge in [-0.1, -0.05) is 6.07 Å². The highest BCUT2D eigenvalue weighted by molar-refractivity contribution is 7.93. The zero-order valence-corrected chi connectivity index (χ0v) is 23.2. The van der Waals surface area contributed by atoms with E-state index in [1.165, 1.54) is 46.8 Å². The van der Waals surface area contributed by atoms with Crippen LogP contribution in [0.2, 0.25) is 0 Å². The number of carbonyl (C=O) groups excluding carboxylic acids is 1. The number of allylic oxidation sites excluding steroid dienone is 1. The second kappa shape index (κ2) is 13.4. The molecule has 0 spiro atoms. The summed E-state index contributed by atoms with van der Waals surface area (Å²) in [4.78, 5) is 12.4. The summed E-state index contributed by atoms with van der Waals surface area (Å²) in [5.74, 6) is 1.99. The molecule has 0 aliphatic heterocycles. The first-order valence-electron chi connectivity index (χ1n) is 11.7. The fourth-order valence-corrected chi connectivity index (χ4v) is 4.75. The van der Waals surface area contributed by atoms with Gasteiger partial charge in [-0.25, -0.2) is 8.42 Å². The number of hydrogen-bond acceptors (Lipinski definition) is 9. The lowest BCUT2D eigenvalue weighted by Gasteiger charge is -2.12. The lowest BCUT2D eigenvalue weighted by atomic mass is 10.1. The number of ketones is 1. The van der Waals surface area contributed by atoms with Gasteiger partial charge >= 0.3 is 0 Å². The minimum atomic E-state index is -3.68. The fraction of sp³-hybridized carbons (Fsp3) is 0.207. The van der Waals surface area contributed by atoms with Crippen molar-refractivity contribution in [3.63, 3.8) is 0 Å². The van der Waals surface area contributed by atoms with Crippen molar-refractivity contribution in [1.29, 1.82) is 0 Å². The average Bonchev–Trinajstić information content (AvgIpc) is 2.95. The molecule has 0 fully saturated rings. The molecule has 39 heavy (non-hydrogen) atoms. The lowest BCUT2D eigenvalue weighted by Crippen LogP contribution is -2.02. The third-order valence-electron chi connectivity index (χ3n) is 5.68. The summed E-state index contributed by atoms with van der Waals surface area (Å²) in [6, 6.07) is 15.0. The first kappa shape index (κ1) is 29.1. The molecule has 0 aromatic heterocycles. The number of sulfone groups is 1. The second-order valence-electron chi connectivity index (χ2n) is 8.16. The smallest absolute Gasteiger partial charge is 0.187 e. The first-order chi connectivity index (χ1) is 18.7. The normalized spacial score (nSPS) is 11.4. The Kier molecular flexibility index (Phi) is 9.99. The molecular formula is C29H31NO8S. The molecule has 0 unspecified atom stereocenters. The van der Waals surface area contributed by atoms with Crippen LogP contribution in [-0.4, -0.2) is 49.8 Å². The Bertz CT molecular complexity index is 1440. The Balaban J connectivity index is 1.77. The Morgan fingerprint density at radius 3 is 1.95 bits per heavy atom. The van der Waals surface area contributed by atoms with Gasteiger partial charge in [0.2, 0.25) is 0 Å². The summed E-state index contributed by atoms with van der Waals surface area (Å²) >= 11 is 0. The van der Waals surface area contributed by atoms with Gasteiger partial charge in [0.1, 0.15) is 28.7 Å². The number of ether oxygens (including phenoxy) is 5. The van der Waals surface area contributed by atoms with Gasteiger partial charge in [-0.2, -0.15) is 0 Å². The molecule has 0 aliphatic carbocycles. The highest BCUT2D eigenvalue weighted by Gasteiger charge is 2.15. The van der Waals surface area contributed by atoms with Gasteiger partial charge < -0.3 is 29.0 Å². The van der Waals surface area contributed by atoms with Gasteiger partial charge in [-0.05, 0) is 48.0 Å². The molecule has 0 amide bonds. The van der Waals surface area contributed by atoms with Gasteiger partial charge in [0, 0.05) is 35.4 Å². The van der Waals surface area contributed by atoms with Crippen molar-refractivity contribution in [3.8, 4) is 28.7 Å². The van der Waals surface area contributed by atoms with Crippen molar-refractivity contribution in [1.82, 2.24) is 0 Å². The highest BCUT2D eigenvalue weighted by Crippen LogP contribution is 2.35. The topological polar surface area (TPSA) is 109 Å². The molecule has 206 valence electrons. The zero-order valence-electron chi connectivity index (χ0n) is 22.4. The first-order valence-corrected chi connectivity index (χ1v) is 13.4. The minimum Gasteiger partial charge on any atom is -0.497 e. The van der Waals surface area contributed by atoms with Crippen LogP contribution in [-0.2, 0) is 15.6 Å². The number of benzene rings is 3. The van der Waals surface area contributed by atoms with Crippen LogP contribution in [0.1, 0.15) is 21.5 Å². The van der Waals surface area contributed by atoms with Crippen LogP contribution < -0.4 is 29.0 Å². The van der Waals surface area contributed by atoms with E-state index in [-0.39, 0.29) is 11.5 Å². The van der Waals surface area contributed by atoms with Crippen molar-refractivity contribution in [2.24, 2.45) is 0 Å². The molecule has 3 aromatic rings. The number of carbonyl (C=O) groups is 1. The van der Waals surface area contributed by atoms with Crippen LogP contribution in [0.25, 0.3) is 6.08 Å². The van der Waals surface area contributed by atoms with Crippen LogP contribution in [0.4, 0.5) is 5.69 Å². The summed E-state index contributed by atoms with van der Waals surface area (Å²) < 4.78 is 52.4. The SMILES string of the molecule is COc1ccc(C(=O)/C=C\Nc2cc(CS(=O)(=O)/C=C/c3c(OC)cc(OC)cc3OC)ccc2OC)cc1. The third-order valence-corrected chi connectivity index (χ3v) is 6.96. The van der Waals surface area contributed by atoms with Crippen LogP contribution >= 0.6 is 0 Å². The summed E-state index contributed by atoms with van der Waals surface area (Å²) in [5, 5.41) is 4.12. The molecule has 0 saturated carbocycles. The molecule has 0 heterocycles. The van der Waals surface area contributed by atoms with Crippen molar-refractivity contribution < 1.29 is 36.9 Å². The van der Waals surface area contributed by atoms with E-state index < -0.39 is 9.84 Å². The number of hydrogen-bond donors (Lipinski definition) is 1. The molecule has 0 bridgehead atoms. The summed E-state index contributed by atoms with van der Waals surface area (Å²) in [7, 11) is 3.84. The van der Waals surface area contributed by atoms with E-state index in [2.05, 4.69) is 5.32 Å². The number of rotatable bonds is 13. The molecule has 9 nitrogen and oxygen atoms in total. The molecule has 0 aliphatic rings. The van der Waals surface area contributed by atoms with Gasteiger partial charge in [0.25, 0.3) is 0 Å². The highest BCUT2D eigenvalue weighted by atomic mass is 32.2. The number of anilines is 1. The monoisotopic (exact) mass is 553 g/mol. The second-order valence-corrected chi connectivity index (χ2v) is 10.0. The van der Waals surface area contributed by atoms with Crippen molar-refractivity contribution in [3.05, 3.63) is 89.0 Å². The third kappa shape index (κ3) is 7.78. The molecule has 1 N–H and O–H groups in total. The van der Waals surface area contributed by atoms with E-state index in [0.717, 1.165) is 5.41 Å². The van der Waals surface area contributed by atoms with Crippen LogP contribution in [0, 0.1) is 0 Å². The Hall–Kier alpha value is -4.44. The van der Waals surface area contributed by atoms with E-state index in [4.69, 9.17) is 23.7 Å². The predicted octanol–water partition coefficient (Wildman–Crippen LogP) is 5.12. The standard InChI is InChI=1S/C29H31NO8S/c1-34-22-9-7-21(8-10-22)26(31)12-14-30-25-16-20(6-11-27(25)36-3)19-39(32,33)15-13-24-28(37-4)17-23(35-2)18-29(24)38-5/h6-18,30H,19H2,1-5H3/b14-12-,15-13+. The molecule has 3 rings (SSSR count). The maximum absolute atomic E-state index is 13.0. The molecule has 3 aromatic carbocycles. The number of methoxy groups -OCH3 is 5. The van der Waals surface area contributed by atoms with Crippen LogP contribution in [0.5, 0.6) is 28.7 Å². The van der Waals surface area contributed by atoms with E-state index in [1.807, 2.05) is 0 Å². The summed E-state index contributed by atoms with van der Waals surface area (Å²) in [6.07, 6.45) is 4.29. The predicted molar refractivity (Wildman–Crippen MR) is 151 cm³/mol. The van der Waals surface area contributed by atoms with Crippen molar-refractivity contribution in [2.75, 3.05) is 40.9 Å². The van der Waals surface area contributed by atoms with Crippen molar-refractivity contribution in [2.45, 2.75) is 5.75 Å². The van der Waals surface area contributed by atoms with Gasteiger partial charge in [-0.15, -0.1) is 0 Å². The minimum absolute atomic E-state index is 0.211. The van der Waals surface area contributed by atoms with Crippen molar-refractivity contribution >= 4 is 27.4 Å². The summed E-state index contributed by atoms with van der Waals surface area (Å²) in [6.45, 7) is 0. The maximum Gasteiger partial charge on any atom is 0.187 e. The molecule has 10 heteroatoms. The van der Waals surface area contributed by atoms with Gasteiger partial charge in [-0.3, -0.25) is 4.79 Å². The largest absolute Gasteiger partial charge is 0.497 e.